The fourth-order valence-corrected chi connectivity index (χ4v) is 0.926. The Labute approximate surface area is 66.0 Å². The minimum absolute atomic E-state index is 0.219. The number of hydrogen-bond acceptors (Lipinski definition) is 2. The minimum atomic E-state index is -0.219. The molecular weight excluding hydrogens is 152 g/mol. The van der Waals surface area contributed by atoms with Crippen molar-refractivity contribution in [3.8, 4) is 0 Å². The standard InChI is InChI=1S/C5H10N2S2/c1-5(2,6-3-8)7-4-9/h3-4H,1-2H3,(H,6,8)(H,7,9). The van der Waals surface area contributed by atoms with Crippen LogP contribution in [-0.2, 0) is 0 Å². The van der Waals surface area contributed by atoms with Gasteiger partial charge >= 0.3 is 0 Å². The van der Waals surface area contributed by atoms with Gasteiger partial charge in [-0.15, -0.1) is 0 Å². The van der Waals surface area contributed by atoms with E-state index >= 15 is 0 Å². The quantitative estimate of drug-likeness (QED) is 0.472. The van der Waals surface area contributed by atoms with E-state index in [1.807, 2.05) is 13.8 Å². The van der Waals surface area contributed by atoms with Gasteiger partial charge in [0.2, 0.25) is 0 Å². The van der Waals surface area contributed by atoms with E-state index in [1.165, 1.54) is 11.0 Å². The Morgan fingerprint density at radius 1 is 1.11 bits per heavy atom. The maximum Gasteiger partial charge on any atom is 0.102 e. The normalized spacial score (nSPS) is 10.0. The van der Waals surface area contributed by atoms with E-state index < -0.39 is 0 Å². The van der Waals surface area contributed by atoms with Crippen LogP contribution in [0.15, 0.2) is 0 Å². The van der Waals surface area contributed by atoms with Crippen molar-refractivity contribution in [2.45, 2.75) is 19.5 Å². The first-order chi connectivity index (χ1) is 4.12. The minimum Gasteiger partial charge on any atom is -0.360 e. The first-order valence-electron chi connectivity index (χ1n) is 2.55. The predicted octanol–water partition coefficient (Wildman–Crippen LogP) is 0.816. The number of nitrogens with one attached hydrogen (secondary N) is 2. The van der Waals surface area contributed by atoms with Gasteiger partial charge in [0.1, 0.15) is 5.66 Å². The Bertz CT molecular complexity index is 99.5. The highest BCUT2D eigenvalue weighted by Gasteiger charge is 2.10. The van der Waals surface area contributed by atoms with Gasteiger partial charge in [-0.25, -0.2) is 0 Å². The molecule has 0 aromatic heterocycles. The van der Waals surface area contributed by atoms with Gasteiger partial charge in [0.15, 0.2) is 0 Å². The van der Waals surface area contributed by atoms with Gasteiger partial charge in [0.05, 0.1) is 11.0 Å². The van der Waals surface area contributed by atoms with Gasteiger partial charge in [-0.2, -0.15) is 0 Å². The van der Waals surface area contributed by atoms with E-state index in [4.69, 9.17) is 0 Å². The van der Waals surface area contributed by atoms with Crippen LogP contribution in [0.3, 0.4) is 0 Å². The molecule has 0 amide bonds. The molecule has 9 heavy (non-hydrogen) atoms. The molecule has 52 valence electrons. The van der Waals surface area contributed by atoms with Crippen molar-refractivity contribution in [3.63, 3.8) is 0 Å². The third kappa shape index (κ3) is 4.29. The molecule has 0 radical (unpaired) electrons. The molecule has 0 aromatic carbocycles. The number of rotatable bonds is 4. The largest absolute Gasteiger partial charge is 0.360 e. The Morgan fingerprint density at radius 2 is 1.44 bits per heavy atom. The summed E-state index contributed by atoms with van der Waals surface area (Å²) >= 11 is 9.18. The van der Waals surface area contributed by atoms with Gasteiger partial charge in [-0.05, 0) is 13.8 Å². The van der Waals surface area contributed by atoms with Gasteiger partial charge in [-0.3, -0.25) is 0 Å². The van der Waals surface area contributed by atoms with E-state index in [9.17, 15) is 0 Å². The molecule has 0 saturated heterocycles. The van der Waals surface area contributed by atoms with Crippen molar-refractivity contribution >= 4 is 35.4 Å². The third-order valence-corrected chi connectivity index (χ3v) is 1.08. The molecule has 0 unspecified atom stereocenters. The molecule has 0 saturated carbocycles. The van der Waals surface area contributed by atoms with Crippen LogP contribution in [0.5, 0.6) is 0 Å². The van der Waals surface area contributed by atoms with Crippen LogP contribution < -0.4 is 10.6 Å². The number of thiocarbonyl (C=S) groups is 2. The summed E-state index contributed by atoms with van der Waals surface area (Å²) in [5.74, 6) is 0. The second-order valence-corrected chi connectivity index (χ2v) is 2.62. The Balaban J connectivity index is 3.68. The molecule has 0 aliphatic rings. The van der Waals surface area contributed by atoms with E-state index in [0.29, 0.717) is 0 Å². The van der Waals surface area contributed by atoms with Crippen LogP contribution in [0.1, 0.15) is 13.8 Å². The van der Waals surface area contributed by atoms with Crippen molar-refractivity contribution in [3.05, 3.63) is 0 Å². The van der Waals surface area contributed by atoms with Crippen LogP contribution in [0.25, 0.3) is 0 Å². The molecule has 0 heterocycles. The second-order valence-electron chi connectivity index (χ2n) is 2.15. The maximum atomic E-state index is 4.59. The summed E-state index contributed by atoms with van der Waals surface area (Å²) < 4.78 is 0. The van der Waals surface area contributed by atoms with E-state index in [-0.39, 0.29) is 5.66 Å². The molecule has 0 fully saturated rings. The third-order valence-electron chi connectivity index (χ3n) is 0.840. The van der Waals surface area contributed by atoms with Gasteiger partial charge < -0.3 is 10.6 Å². The summed E-state index contributed by atoms with van der Waals surface area (Å²) in [6, 6.07) is 0. The molecule has 0 aliphatic carbocycles. The average Bonchev–Trinajstić information content (AvgIpc) is 1.64. The fraction of sp³-hybridized carbons (Fsp3) is 0.600. The summed E-state index contributed by atoms with van der Waals surface area (Å²) in [5, 5.41) is 5.81. The average molecular weight is 162 g/mol. The molecule has 4 heteroatoms. The smallest absolute Gasteiger partial charge is 0.102 e. The van der Waals surface area contributed by atoms with Crippen LogP contribution in [0.4, 0.5) is 0 Å². The van der Waals surface area contributed by atoms with E-state index in [2.05, 4.69) is 35.1 Å². The molecule has 0 bridgehead atoms. The highest BCUT2D eigenvalue weighted by atomic mass is 32.1. The van der Waals surface area contributed by atoms with Crippen molar-refractivity contribution < 1.29 is 0 Å². The Morgan fingerprint density at radius 3 is 1.67 bits per heavy atom. The van der Waals surface area contributed by atoms with Crippen LogP contribution in [-0.4, -0.2) is 16.6 Å². The zero-order valence-electron chi connectivity index (χ0n) is 5.47. The molecule has 0 atom stereocenters. The zero-order chi connectivity index (χ0) is 7.33. The highest BCUT2D eigenvalue weighted by Crippen LogP contribution is 1.91. The molecule has 0 aromatic rings. The fourth-order valence-electron chi connectivity index (χ4n) is 0.336. The van der Waals surface area contributed by atoms with Crippen molar-refractivity contribution in [1.29, 1.82) is 0 Å². The highest BCUT2D eigenvalue weighted by molar-refractivity contribution is 7.79. The van der Waals surface area contributed by atoms with Gasteiger partial charge in [0.25, 0.3) is 0 Å². The Hall–Kier alpha value is -0.220. The molecule has 0 rings (SSSR count). The van der Waals surface area contributed by atoms with E-state index in [1.54, 1.807) is 0 Å². The van der Waals surface area contributed by atoms with Gasteiger partial charge in [-0.1, -0.05) is 24.4 Å². The second kappa shape index (κ2) is 3.74. The SMILES string of the molecule is CC(C)(NC=S)NC=S. The lowest BCUT2D eigenvalue weighted by Crippen LogP contribution is -2.50. The van der Waals surface area contributed by atoms with Crippen LogP contribution in [0, 0.1) is 0 Å². The van der Waals surface area contributed by atoms with Crippen molar-refractivity contribution in [1.82, 2.24) is 10.6 Å². The summed E-state index contributed by atoms with van der Waals surface area (Å²) in [5.41, 5.74) is 2.71. The monoisotopic (exact) mass is 162 g/mol. The molecule has 2 N–H and O–H groups in total. The molecule has 0 aliphatic heterocycles. The van der Waals surface area contributed by atoms with Gasteiger partial charge in [0, 0.05) is 0 Å². The summed E-state index contributed by atoms with van der Waals surface area (Å²) in [4.78, 5) is 0. The van der Waals surface area contributed by atoms with Crippen LogP contribution in [0.2, 0.25) is 0 Å². The zero-order valence-corrected chi connectivity index (χ0v) is 7.10. The van der Waals surface area contributed by atoms with Crippen molar-refractivity contribution in [2.24, 2.45) is 0 Å². The maximum absolute atomic E-state index is 4.59. The van der Waals surface area contributed by atoms with Crippen molar-refractivity contribution in [2.75, 3.05) is 0 Å². The molecular formula is C5H10N2S2. The topological polar surface area (TPSA) is 24.1 Å². The summed E-state index contributed by atoms with van der Waals surface area (Å²) in [6.07, 6.45) is 0. The predicted molar refractivity (Wildman–Crippen MR) is 47.7 cm³/mol. The summed E-state index contributed by atoms with van der Waals surface area (Å²) in [7, 11) is 0. The lowest BCUT2D eigenvalue weighted by Gasteiger charge is -2.24. The lowest BCUT2D eigenvalue weighted by atomic mass is 10.2. The van der Waals surface area contributed by atoms with Crippen LogP contribution >= 0.6 is 24.4 Å². The number of hydrogen-bond donors (Lipinski definition) is 2. The first kappa shape index (κ1) is 8.78. The molecule has 2 nitrogen and oxygen atoms in total. The molecule has 0 spiro atoms. The lowest BCUT2D eigenvalue weighted by molar-refractivity contribution is 0.441. The first-order valence-corrected chi connectivity index (χ1v) is 3.49. The van der Waals surface area contributed by atoms with E-state index in [0.717, 1.165) is 0 Å². The Kier molecular flexibility index (Phi) is 3.65. The summed E-state index contributed by atoms with van der Waals surface area (Å²) in [6.45, 7) is 3.89.